The van der Waals surface area contributed by atoms with Crippen molar-refractivity contribution in [1.29, 1.82) is 0 Å². The van der Waals surface area contributed by atoms with Gasteiger partial charge in [-0.1, -0.05) is 30.3 Å². The molecule has 1 aromatic rings. The molecule has 68 valence electrons. The molecule has 1 rings (SSSR count). The van der Waals surface area contributed by atoms with Gasteiger partial charge in [0.15, 0.2) is 0 Å². The molecule has 0 radical (unpaired) electrons. The van der Waals surface area contributed by atoms with Crippen LogP contribution in [-0.2, 0) is 15.8 Å². The minimum absolute atomic E-state index is 0. The van der Waals surface area contributed by atoms with Gasteiger partial charge in [-0.2, -0.15) is 0 Å². The highest BCUT2D eigenvalue weighted by molar-refractivity contribution is 7.88. The summed E-state index contributed by atoms with van der Waals surface area (Å²) in [5.41, 5.74) is 0.718. The van der Waals surface area contributed by atoms with Crippen LogP contribution < -0.4 is 5.14 Å². The zero-order valence-electron chi connectivity index (χ0n) is 6.40. The molecule has 12 heavy (non-hydrogen) atoms. The monoisotopic (exact) mass is 189 g/mol. The maximum Gasteiger partial charge on any atom is 0.213 e. The Bertz CT molecular complexity index is 320. The first kappa shape index (κ1) is 11.1. The van der Waals surface area contributed by atoms with Crippen LogP contribution in [0.2, 0.25) is 0 Å². The summed E-state index contributed by atoms with van der Waals surface area (Å²) in [6.07, 6.45) is 0. The quantitative estimate of drug-likeness (QED) is 0.688. The van der Waals surface area contributed by atoms with Crippen molar-refractivity contribution in [2.45, 2.75) is 5.75 Å². The average molecular weight is 189 g/mol. The van der Waals surface area contributed by atoms with E-state index >= 15 is 0 Å². The number of benzene rings is 1. The fourth-order valence-electron chi connectivity index (χ4n) is 0.807. The lowest BCUT2D eigenvalue weighted by molar-refractivity contribution is 0.597. The van der Waals surface area contributed by atoms with E-state index in [2.05, 4.69) is 0 Å². The third kappa shape index (κ3) is 4.07. The van der Waals surface area contributed by atoms with Gasteiger partial charge in [0.1, 0.15) is 0 Å². The Balaban J connectivity index is 0.00000121. The molecule has 0 aliphatic rings. The third-order valence-electron chi connectivity index (χ3n) is 1.21. The molecule has 4 N–H and O–H groups in total. The minimum Gasteiger partial charge on any atom is -0.412 e. The van der Waals surface area contributed by atoms with E-state index in [1.54, 1.807) is 24.3 Å². The summed E-state index contributed by atoms with van der Waals surface area (Å²) in [4.78, 5) is 0. The van der Waals surface area contributed by atoms with Crippen LogP contribution in [0.4, 0.5) is 0 Å². The van der Waals surface area contributed by atoms with Gasteiger partial charge in [-0.05, 0) is 5.56 Å². The second-order valence-electron chi connectivity index (χ2n) is 2.29. The molecule has 0 spiro atoms. The van der Waals surface area contributed by atoms with Crippen molar-refractivity contribution < 1.29 is 13.9 Å². The van der Waals surface area contributed by atoms with Crippen LogP contribution in [0.1, 0.15) is 5.56 Å². The normalized spacial score (nSPS) is 10.4. The Labute approximate surface area is 71.4 Å². The molecule has 0 saturated heterocycles. The van der Waals surface area contributed by atoms with Crippen LogP contribution in [0.15, 0.2) is 30.3 Å². The molecule has 0 heterocycles. The first-order chi connectivity index (χ1) is 5.08. The molecule has 1 aromatic carbocycles. The summed E-state index contributed by atoms with van der Waals surface area (Å²) in [6.45, 7) is 0. The predicted molar refractivity (Wildman–Crippen MR) is 46.9 cm³/mol. The molecule has 0 aromatic heterocycles. The number of sulfonamides is 1. The van der Waals surface area contributed by atoms with Crippen molar-refractivity contribution in [1.82, 2.24) is 0 Å². The Hall–Kier alpha value is -0.910. The maximum atomic E-state index is 10.6. The smallest absolute Gasteiger partial charge is 0.213 e. The van der Waals surface area contributed by atoms with Gasteiger partial charge in [0.05, 0.1) is 5.75 Å². The van der Waals surface area contributed by atoms with E-state index in [1.807, 2.05) is 6.07 Å². The summed E-state index contributed by atoms with van der Waals surface area (Å²) in [6, 6.07) is 8.84. The number of nitrogens with two attached hydrogens (primary N) is 1. The lowest BCUT2D eigenvalue weighted by Gasteiger charge is -1.96. The van der Waals surface area contributed by atoms with Crippen molar-refractivity contribution in [2.75, 3.05) is 0 Å². The highest BCUT2D eigenvalue weighted by Gasteiger charge is 2.02. The molecular formula is C7H11NO3S. The maximum absolute atomic E-state index is 10.6. The topological polar surface area (TPSA) is 91.7 Å². The molecule has 0 aliphatic heterocycles. The summed E-state index contributed by atoms with van der Waals surface area (Å²) < 4.78 is 21.2. The van der Waals surface area contributed by atoms with E-state index in [0.717, 1.165) is 5.56 Å². The summed E-state index contributed by atoms with van der Waals surface area (Å²) in [5.74, 6) is -0.0894. The molecule has 0 atom stereocenters. The first-order valence-electron chi connectivity index (χ1n) is 3.12. The highest BCUT2D eigenvalue weighted by Crippen LogP contribution is 2.01. The third-order valence-corrected chi connectivity index (χ3v) is 1.95. The Morgan fingerprint density at radius 1 is 1.17 bits per heavy atom. The molecule has 0 bridgehead atoms. The predicted octanol–water partition coefficient (Wildman–Crippen LogP) is -0.350. The molecule has 4 nitrogen and oxygen atoms in total. The Morgan fingerprint density at radius 2 is 1.67 bits per heavy atom. The molecule has 0 aliphatic carbocycles. The molecule has 0 amide bonds. The van der Waals surface area contributed by atoms with Crippen LogP contribution in [0.25, 0.3) is 0 Å². The van der Waals surface area contributed by atoms with E-state index in [9.17, 15) is 8.42 Å². The van der Waals surface area contributed by atoms with Gasteiger partial charge >= 0.3 is 0 Å². The fourth-order valence-corrected chi connectivity index (χ4v) is 1.46. The molecule has 0 saturated carbocycles. The van der Waals surface area contributed by atoms with Crippen LogP contribution >= 0.6 is 0 Å². The van der Waals surface area contributed by atoms with Gasteiger partial charge in [0.2, 0.25) is 10.0 Å². The Morgan fingerprint density at radius 3 is 2.08 bits per heavy atom. The van der Waals surface area contributed by atoms with Crippen LogP contribution in [0, 0.1) is 0 Å². The van der Waals surface area contributed by atoms with Crippen molar-refractivity contribution in [3.05, 3.63) is 35.9 Å². The van der Waals surface area contributed by atoms with Crippen LogP contribution in [0.5, 0.6) is 0 Å². The van der Waals surface area contributed by atoms with Crippen molar-refractivity contribution in [3.63, 3.8) is 0 Å². The van der Waals surface area contributed by atoms with Gasteiger partial charge in [-0.3, -0.25) is 0 Å². The zero-order chi connectivity index (χ0) is 8.32. The van der Waals surface area contributed by atoms with Crippen LogP contribution in [0.3, 0.4) is 0 Å². The summed E-state index contributed by atoms with van der Waals surface area (Å²) >= 11 is 0. The van der Waals surface area contributed by atoms with Gasteiger partial charge < -0.3 is 5.48 Å². The first-order valence-corrected chi connectivity index (χ1v) is 4.84. The number of hydrogen-bond acceptors (Lipinski definition) is 2. The van der Waals surface area contributed by atoms with Crippen molar-refractivity contribution >= 4 is 10.0 Å². The van der Waals surface area contributed by atoms with E-state index in [-0.39, 0.29) is 11.2 Å². The molecular weight excluding hydrogens is 178 g/mol. The SMILES string of the molecule is NS(=O)(=O)Cc1ccccc1.O. The van der Waals surface area contributed by atoms with Crippen molar-refractivity contribution in [2.24, 2.45) is 5.14 Å². The van der Waals surface area contributed by atoms with E-state index in [4.69, 9.17) is 5.14 Å². The zero-order valence-corrected chi connectivity index (χ0v) is 7.21. The lowest BCUT2D eigenvalue weighted by atomic mass is 10.2. The van der Waals surface area contributed by atoms with Gasteiger partial charge in [0.25, 0.3) is 0 Å². The van der Waals surface area contributed by atoms with E-state index in [0.29, 0.717) is 0 Å². The summed E-state index contributed by atoms with van der Waals surface area (Å²) in [7, 11) is -3.38. The molecule has 0 unspecified atom stereocenters. The second kappa shape index (κ2) is 4.20. The van der Waals surface area contributed by atoms with Gasteiger partial charge in [-0.25, -0.2) is 13.6 Å². The van der Waals surface area contributed by atoms with E-state index in [1.165, 1.54) is 0 Å². The van der Waals surface area contributed by atoms with Gasteiger partial charge in [-0.15, -0.1) is 0 Å². The summed E-state index contributed by atoms with van der Waals surface area (Å²) in [5, 5.41) is 4.84. The Kier molecular flexibility index (Phi) is 3.88. The van der Waals surface area contributed by atoms with Crippen LogP contribution in [-0.4, -0.2) is 13.9 Å². The number of hydrogen-bond donors (Lipinski definition) is 1. The highest BCUT2D eigenvalue weighted by atomic mass is 32.2. The fraction of sp³-hybridized carbons (Fsp3) is 0.143. The number of rotatable bonds is 2. The van der Waals surface area contributed by atoms with Gasteiger partial charge in [0, 0.05) is 0 Å². The lowest BCUT2D eigenvalue weighted by Crippen LogP contribution is -2.14. The molecule has 0 fully saturated rings. The number of primary sulfonamides is 1. The second-order valence-corrected chi connectivity index (χ2v) is 3.91. The molecule has 5 heteroatoms. The largest absolute Gasteiger partial charge is 0.412 e. The van der Waals surface area contributed by atoms with Crippen molar-refractivity contribution in [3.8, 4) is 0 Å². The average Bonchev–Trinajstić information content (AvgIpc) is 1.85. The van der Waals surface area contributed by atoms with E-state index < -0.39 is 10.0 Å². The minimum atomic E-state index is -3.38. The standard InChI is InChI=1S/C7H9NO2S.H2O/c8-11(9,10)6-7-4-2-1-3-5-7;/h1-5H,6H2,(H2,8,9,10);1H2.